The number of aromatic nitrogens is 2. The predicted octanol–water partition coefficient (Wildman–Crippen LogP) is 1.54. The van der Waals surface area contributed by atoms with Crippen molar-refractivity contribution in [2.75, 3.05) is 7.11 Å². The topological polar surface area (TPSA) is 70.1 Å². The first-order chi connectivity index (χ1) is 8.06. The maximum atomic E-state index is 12.2. The van der Waals surface area contributed by atoms with Gasteiger partial charge in [-0.05, 0) is 30.7 Å². The molecule has 1 aromatic heterocycles. The van der Waals surface area contributed by atoms with Crippen molar-refractivity contribution in [2.24, 2.45) is 5.73 Å². The molecule has 1 atom stereocenters. The summed E-state index contributed by atoms with van der Waals surface area (Å²) < 4.78 is 6.38. The van der Waals surface area contributed by atoms with Crippen molar-refractivity contribution in [3.8, 4) is 5.75 Å². The van der Waals surface area contributed by atoms with E-state index in [0.717, 1.165) is 0 Å². The summed E-state index contributed by atoms with van der Waals surface area (Å²) in [6.45, 7) is 1.67. The number of hydrogen-bond donors (Lipinski definition) is 1. The molecule has 0 bridgehead atoms. The second-order valence-corrected chi connectivity index (χ2v) is 3.99. The van der Waals surface area contributed by atoms with Crippen LogP contribution in [0.3, 0.4) is 0 Å². The van der Waals surface area contributed by atoms with Gasteiger partial charge in [0.1, 0.15) is 11.3 Å². The van der Waals surface area contributed by atoms with Gasteiger partial charge in [0.2, 0.25) is 5.28 Å². The SMILES string of the molecule is COc1cccc2c(=O)n(C(C)N)c(Cl)nc12. The monoisotopic (exact) mass is 253 g/mol. The zero-order valence-electron chi connectivity index (χ0n) is 9.48. The van der Waals surface area contributed by atoms with E-state index in [0.29, 0.717) is 16.7 Å². The van der Waals surface area contributed by atoms with Crippen molar-refractivity contribution < 1.29 is 4.74 Å². The molecule has 1 unspecified atom stereocenters. The van der Waals surface area contributed by atoms with E-state index in [-0.39, 0.29) is 10.8 Å². The lowest BCUT2D eigenvalue weighted by Crippen LogP contribution is -2.29. The highest BCUT2D eigenvalue weighted by molar-refractivity contribution is 6.28. The van der Waals surface area contributed by atoms with Crippen molar-refractivity contribution in [1.82, 2.24) is 9.55 Å². The Bertz CT molecular complexity index is 622. The number of rotatable bonds is 2. The molecule has 0 aliphatic heterocycles. The highest BCUT2D eigenvalue weighted by atomic mass is 35.5. The van der Waals surface area contributed by atoms with Gasteiger partial charge in [-0.1, -0.05) is 6.07 Å². The fourth-order valence-corrected chi connectivity index (χ4v) is 2.00. The molecule has 1 aromatic carbocycles. The molecule has 5 nitrogen and oxygen atoms in total. The lowest BCUT2D eigenvalue weighted by Gasteiger charge is -2.13. The highest BCUT2D eigenvalue weighted by Gasteiger charge is 2.14. The maximum Gasteiger partial charge on any atom is 0.263 e. The predicted molar refractivity (Wildman–Crippen MR) is 66.5 cm³/mol. The lowest BCUT2D eigenvalue weighted by atomic mass is 10.2. The minimum absolute atomic E-state index is 0.0574. The largest absolute Gasteiger partial charge is 0.494 e. The van der Waals surface area contributed by atoms with E-state index in [2.05, 4.69) is 4.98 Å². The molecule has 6 heteroatoms. The number of nitrogens with zero attached hydrogens (tertiary/aromatic N) is 2. The number of benzene rings is 1. The molecule has 17 heavy (non-hydrogen) atoms. The van der Waals surface area contributed by atoms with Crippen LogP contribution in [0.15, 0.2) is 23.0 Å². The molecular weight excluding hydrogens is 242 g/mol. The van der Waals surface area contributed by atoms with Crippen molar-refractivity contribution >= 4 is 22.5 Å². The number of para-hydroxylation sites is 1. The summed E-state index contributed by atoms with van der Waals surface area (Å²) in [4.78, 5) is 16.3. The molecule has 2 rings (SSSR count). The van der Waals surface area contributed by atoms with Crippen molar-refractivity contribution in [2.45, 2.75) is 13.1 Å². The third-order valence-electron chi connectivity index (χ3n) is 2.48. The summed E-state index contributed by atoms with van der Waals surface area (Å²) in [7, 11) is 1.52. The molecule has 0 saturated heterocycles. The Morgan fingerprint density at radius 1 is 1.53 bits per heavy atom. The van der Waals surface area contributed by atoms with Gasteiger partial charge in [0, 0.05) is 0 Å². The molecular formula is C11H12ClN3O2. The van der Waals surface area contributed by atoms with E-state index >= 15 is 0 Å². The number of methoxy groups -OCH3 is 1. The lowest BCUT2D eigenvalue weighted by molar-refractivity contribution is 0.418. The summed E-state index contributed by atoms with van der Waals surface area (Å²) in [6, 6.07) is 5.12. The molecule has 0 spiro atoms. The van der Waals surface area contributed by atoms with Gasteiger partial charge in [0.15, 0.2) is 0 Å². The summed E-state index contributed by atoms with van der Waals surface area (Å²) >= 11 is 5.95. The van der Waals surface area contributed by atoms with Crippen molar-refractivity contribution in [1.29, 1.82) is 0 Å². The molecule has 90 valence electrons. The fraction of sp³-hybridized carbons (Fsp3) is 0.273. The second kappa shape index (κ2) is 4.35. The van der Waals surface area contributed by atoms with E-state index < -0.39 is 6.17 Å². The van der Waals surface area contributed by atoms with Gasteiger partial charge in [0.25, 0.3) is 5.56 Å². The van der Waals surface area contributed by atoms with E-state index in [4.69, 9.17) is 22.1 Å². The van der Waals surface area contributed by atoms with Crippen LogP contribution in [0.5, 0.6) is 5.75 Å². The van der Waals surface area contributed by atoms with Gasteiger partial charge >= 0.3 is 0 Å². The van der Waals surface area contributed by atoms with Crippen molar-refractivity contribution in [3.63, 3.8) is 0 Å². The average molecular weight is 254 g/mol. The van der Waals surface area contributed by atoms with Crippen LogP contribution in [0.25, 0.3) is 10.9 Å². The highest BCUT2D eigenvalue weighted by Crippen LogP contribution is 2.23. The Morgan fingerprint density at radius 2 is 2.24 bits per heavy atom. The van der Waals surface area contributed by atoms with Crippen LogP contribution in [-0.2, 0) is 0 Å². The Balaban J connectivity index is 2.91. The molecule has 0 amide bonds. The fourth-order valence-electron chi connectivity index (χ4n) is 1.69. The normalized spacial score (nSPS) is 12.7. The zero-order chi connectivity index (χ0) is 12.6. The zero-order valence-corrected chi connectivity index (χ0v) is 10.2. The minimum Gasteiger partial charge on any atom is -0.494 e. The molecule has 1 heterocycles. The standard InChI is InChI=1S/C11H12ClN3O2/c1-6(13)15-10(16)7-4-3-5-8(17-2)9(7)14-11(15)12/h3-6H,13H2,1-2H3. The molecule has 0 fully saturated rings. The summed E-state index contributed by atoms with van der Waals surface area (Å²) in [5, 5.41) is 0.494. The summed E-state index contributed by atoms with van der Waals surface area (Å²) in [5.41, 5.74) is 5.86. The van der Waals surface area contributed by atoms with Crippen LogP contribution in [0.2, 0.25) is 5.28 Å². The Hall–Kier alpha value is -1.59. The Kier molecular flexibility index (Phi) is 3.04. The first-order valence-corrected chi connectivity index (χ1v) is 5.44. The maximum absolute atomic E-state index is 12.2. The number of nitrogens with two attached hydrogens (primary N) is 1. The van der Waals surface area contributed by atoms with Crippen LogP contribution in [0.1, 0.15) is 13.1 Å². The van der Waals surface area contributed by atoms with E-state index in [1.165, 1.54) is 11.7 Å². The van der Waals surface area contributed by atoms with E-state index in [1.807, 2.05) is 0 Å². The first-order valence-electron chi connectivity index (χ1n) is 5.06. The van der Waals surface area contributed by atoms with Crippen LogP contribution < -0.4 is 16.0 Å². The molecule has 0 saturated carbocycles. The molecule has 2 aromatic rings. The number of halogens is 1. The van der Waals surface area contributed by atoms with Gasteiger partial charge in [-0.15, -0.1) is 0 Å². The van der Waals surface area contributed by atoms with Gasteiger partial charge in [-0.25, -0.2) is 4.98 Å². The van der Waals surface area contributed by atoms with Gasteiger partial charge < -0.3 is 10.5 Å². The number of hydrogen-bond acceptors (Lipinski definition) is 4. The minimum atomic E-state index is -0.530. The van der Waals surface area contributed by atoms with Crippen LogP contribution in [0, 0.1) is 0 Å². The average Bonchev–Trinajstić information content (AvgIpc) is 2.28. The third kappa shape index (κ3) is 1.87. The molecule has 0 aliphatic carbocycles. The van der Waals surface area contributed by atoms with Crippen LogP contribution >= 0.6 is 11.6 Å². The smallest absolute Gasteiger partial charge is 0.263 e. The third-order valence-corrected chi connectivity index (χ3v) is 2.74. The first kappa shape index (κ1) is 11.9. The van der Waals surface area contributed by atoms with Crippen LogP contribution in [-0.4, -0.2) is 16.7 Å². The van der Waals surface area contributed by atoms with Gasteiger partial charge in [-0.2, -0.15) is 0 Å². The molecule has 2 N–H and O–H groups in total. The van der Waals surface area contributed by atoms with Crippen molar-refractivity contribution in [3.05, 3.63) is 33.8 Å². The number of ether oxygens (including phenoxy) is 1. The molecule has 0 radical (unpaired) electrons. The molecule has 0 aliphatic rings. The van der Waals surface area contributed by atoms with E-state index in [9.17, 15) is 4.79 Å². The Labute approximate surface area is 103 Å². The second-order valence-electron chi connectivity index (χ2n) is 3.65. The number of fused-ring (bicyclic) bond motifs is 1. The quantitative estimate of drug-likeness (QED) is 0.824. The van der Waals surface area contributed by atoms with E-state index in [1.54, 1.807) is 25.1 Å². The van der Waals surface area contributed by atoms with Gasteiger partial charge in [-0.3, -0.25) is 9.36 Å². The summed E-state index contributed by atoms with van der Waals surface area (Å²) in [6.07, 6.45) is -0.530. The Morgan fingerprint density at radius 3 is 2.82 bits per heavy atom. The van der Waals surface area contributed by atoms with Gasteiger partial charge in [0.05, 0.1) is 18.7 Å². The summed E-state index contributed by atoms with van der Waals surface area (Å²) in [5.74, 6) is 0.512. The van der Waals surface area contributed by atoms with Crippen LogP contribution in [0.4, 0.5) is 0 Å².